The summed E-state index contributed by atoms with van der Waals surface area (Å²) in [4.78, 5) is 2.26. The van der Waals surface area contributed by atoms with Gasteiger partial charge in [0.1, 0.15) is 11.6 Å². The van der Waals surface area contributed by atoms with E-state index in [-0.39, 0.29) is 11.6 Å². The number of hydrogen-bond donors (Lipinski definition) is 0. The van der Waals surface area contributed by atoms with Crippen molar-refractivity contribution >= 4 is 5.57 Å². The van der Waals surface area contributed by atoms with Gasteiger partial charge in [0.15, 0.2) is 0 Å². The van der Waals surface area contributed by atoms with Gasteiger partial charge in [-0.15, -0.1) is 0 Å². The van der Waals surface area contributed by atoms with E-state index in [0.717, 1.165) is 36.2 Å². The third-order valence-electron chi connectivity index (χ3n) is 4.47. The van der Waals surface area contributed by atoms with Crippen LogP contribution in [0.5, 0.6) is 0 Å². The first-order valence-electron chi connectivity index (χ1n) is 9.06. The van der Waals surface area contributed by atoms with Gasteiger partial charge in [-0.2, -0.15) is 0 Å². The summed E-state index contributed by atoms with van der Waals surface area (Å²) in [5, 5.41) is 0. The van der Waals surface area contributed by atoms with E-state index in [4.69, 9.17) is 0 Å². The lowest BCUT2D eigenvalue weighted by atomic mass is 9.96. The highest BCUT2D eigenvalue weighted by atomic mass is 19.1. The molecule has 0 aliphatic carbocycles. The fourth-order valence-electron chi connectivity index (χ4n) is 3.06. The van der Waals surface area contributed by atoms with Crippen molar-refractivity contribution in [3.05, 3.63) is 113 Å². The monoisotopic (exact) mass is 363 g/mol. The lowest BCUT2D eigenvalue weighted by molar-refractivity contribution is 0.334. The SMILES string of the molecule is CN(CCC=C(c1ccc(F)cc1)c1ccc(F)cc1)Cc1ccccc1. The van der Waals surface area contributed by atoms with Crippen LogP contribution in [0.25, 0.3) is 5.57 Å². The minimum Gasteiger partial charge on any atom is -0.302 e. The highest BCUT2D eigenvalue weighted by molar-refractivity contribution is 5.79. The first-order valence-corrected chi connectivity index (χ1v) is 9.06. The van der Waals surface area contributed by atoms with E-state index in [1.165, 1.54) is 29.8 Å². The molecule has 0 heterocycles. The molecule has 3 aromatic carbocycles. The minimum absolute atomic E-state index is 0.264. The zero-order chi connectivity index (χ0) is 19.1. The summed E-state index contributed by atoms with van der Waals surface area (Å²) >= 11 is 0. The standard InChI is InChI=1S/C24H23F2N/c1-27(18-19-6-3-2-4-7-19)17-5-8-24(20-9-13-22(25)14-10-20)21-11-15-23(26)16-12-21/h2-4,6-16H,5,17-18H2,1H3. The highest BCUT2D eigenvalue weighted by Gasteiger charge is 2.07. The van der Waals surface area contributed by atoms with Gasteiger partial charge < -0.3 is 4.90 Å². The fraction of sp³-hybridized carbons (Fsp3) is 0.167. The van der Waals surface area contributed by atoms with Gasteiger partial charge in [0.25, 0.3) is 0 Å². The van der Waals surface area contributed by atoms with Crippen molar-refractivity contribution in [3.63, 3.8) is 0 Å². The molecule has 0 aliphatic heterocycles. The van der Waals surface area contributed by atoms with Crippen LogP contribution in [0.3, 0.4) is 0 Å². The molecule has 0 aliphatic rings. The summed E-state index contributed by atoms with van der Waals surface area (Å²) < 4.78 is 26.6. The molecule has 0 atom stereocenters. The molecule has 3 aromatic rings. The molecule has 0 saturated carbocycles. The lowest BCUT2D eigenvalue weighted by Crippen LogP contribution is -2.18. The zero-order valence-corrected chi connectivity index (χ0v) is 15.4. The Bertz CT molecular complexity index is 821. The van der Waals surface area contributed by atoms with Gasteiger partial charge in [0.2, 0.25) is 0 Å². The van der Waals surface area contributed by atoms with Gasteiger partial charge in [-0.05, 0) is 60.0 Å². The average molecular weight is 363 g/mol. The van der Waals surface area contributed by atoms with E-state index in [1.807, 2.05) is 18.2 Å². The predicted octanol–water partition coefficient (Wildman–Crippen LogP) is 5.92. The maximum Gasteiger partial charge on any atom is 0.123 e. The summed E-state index contributed by atoms with van der Waals surface area (Å²) in [6.07, 6.45) is 2.98. The van der Waals surface area contributed by atoms with Crippen molar-refractivity contribution in [1.29, 1.82) is 0 Å². The van der Waals surface area contributed by atoms with Crippen molar-refractivity contribution in [3.8, 4) is 0 Å². The Hall–Kier alpha value is -2.78. The van der Waals surface area contributed by atoms with Gasteiger partial charge in [-0.1, -0.05) is 60.7 Å². The summed E-state index contributed by atoms with van der Waals surface area (Å²) in [7, 11) is 2.09. The van der Waals surface area contributed by atoms with Crippen LogP contribution in [0.1, 0.15) is 23.1 Å². The Kier molecular flexibility index (Phi) is 6.50. The fourth-order valence-corrected chi connectivity index (χ4v) is 3.06. The van der Waals surface area contributed by atoms with E-state index < -0.39 is 0 Å². The largest absolute Gasteiger partial charge is 0.302 e. The predicted molar refractivity (Wildman–Crippen MR) is 107 cm³/mol. The average Bonchev–Trinajstić information content (AvgIpc) is 2.68. The van der Waals surface area contributed by atoms with Crippen molar-refractivity contribution in [2.24, 2.45) is 0 Å². The molecule has 0 bridgehead atoms. The van der Waals surface area contributed by atoms with Gasteiger partial charge in [0, 0.05) is 13.1 Å². The van der Waals surface area contributed by atoms with Crippen molar-refractivity contribution in [2.45, 2.75) is 13.0 Å². The van der Waals surface area contributed by atoms with Crippen LogP contribution in [0, 0.1) is 11.6 Å². The molecule has 0 aromatic heterocycles. The van der Waals surface area contributed by atoms with Crippen molar-refractivity contribution in [2.75, 3.05) is 13.6 Å². The van der Waals surface area contributed by atoms with Gasteiger partial charge in [-0.3, -0.25) is 0 Å². The Morgan fingerprint density at radius 1 is 0.778 bits per heavy atom. The molecule has 0 spiro atoms. The van der Waals surface area contributed by atoms with Crippen molar-refractivity contribution in [1.82, 2.24) is 4.90 Å². The van der Waals surface area contributed by atoms with E-state index in [2.05, 4.69) is 30.2 Å². The smallest absolute Gasteiger partial charge is 0.123 e. The Morgan fingerprint density at radius 2 is 1.30 bits per heavy atom. The number of nitrogens with zero attached hydrogens (tertiary/aromatic N) is 1. The molecule has 138 valence electrons. The lowest BCUT2D eigenvalue weighted by Gasteiger charge is -2.16. The molecule has 0 unspecified atom stereocenters. The quantitative estimate of drug-likeness (QED) is 0.504. The van der Waals surface area contributed by atoms with Crippen LogP contribution in [-0.4, -0.2) is 18.5 Å². The second-order valence-corrected chi connectivity index (χ2v) is 6.64. The van der Waals surface area contributed by atoms with Crippen LogP contribution in [0.2, 0.25) is 0 Å². The topological polar surface area (TPSA) is 3.24 Å². The van der Waals surface area contributed by atoms with E-state index >= 15 is 0 Å². The first kappa shape index (κ1) is 19.0. The molecule has 27 heavy (non-hydrogen) atoms. The molecule has 0 amide bonds. The second kappa shape index (κ2) is 9.24. The van der Waals surface area contributed by atoms with E-state index in [9.17, 15) is 8.78 Å². The summed E-state index contributed by atoms with van der Waals surface area (Å²) in [5.74, 6) is -0.528. The molecule has 0 radical (unpaired) electrons. The Balaban J connectivity index is 1.74. The maximum atomic E-state index is 13.3. The Morgan fingerprint density at radius 3 is 1.81 bits per heavy atom. The third kappa shape index (κ3) is 5.60. The molecule has 0 N–H and O–H groups in total. The number of rotatable bonds is 7. The maximum absolute atomic E-state index is 13.3. The van der Waals surface area contributed by atoms with Crippen LogP contribution in [0.4, 0.5) is 8.78 Å². The Labute approximate surface area is 159 Å². The first-order chi connectivity index (χ1) is 13.1. The van der Waals surface area contributed by atoms with Gasteiger partial charge >= 0.3 is 0 Å². The van der Waals surface area contributed by atoms with Crippen LogP contribution < -0.4 is 0 Å². The summed E-state index contributed by atoms with van der Waals surface area (Å²) in [6, 6.07) is 23.2. The van der Waals surface area contributed by atoms with Crippen LogP contribution in [0.15, 0.2) is 84.9 Å². The zero-order valence-electron chi connectivity index (χ0n) is 15.4. The van der Waals surface area contributed by atoms with Crippen LogP contribution in [-0.2, 0) is 6.54 Å². The van der Waals surface area contributed by atoms with Crippen LogP contribution >= 0.6 is 0 Å². The number of hydrogen-bond acceptors (Lipinski definition) is 1. The molecule has 3 heteroatoms. The number of benzene rings is 3. The molecule has 0 saturated heterocycles. The molecular formula is C24H23F2N. The summed E-state index contributed by atoms with van der Waals surface area (Å²) in [6.45, 7) is 1.78. The summed E-state index contributed by atoms with van der Waals surface area (Å²) in [5.41, 5.74) is 4.12. The second-order valence-electron chi connectivity index (χ2n) is 6.64. The van der Waals surface area contributed by atoms with Gasteiger partial charge in [-0.25, -0.2) is 8.78 Å². The molecule has 0 fully saturated rings. The highest BCUT2D eigenvalue weighted by Crippen LogP contribution is 2.24. The minimum atomic E-state index is -0.264. The number of halogens is 2. The van der Waals surface area contributed by atoms with E-state index in [1.54, 1.807) is 24.3 Å². The molecular weight excluding hydrogens is 340 g/mol. The normalized spacial score (nSPS) is 10.8. The van der Waals surface area contributed by atoms with Crippen molar-refractivity contribution < 1.29 is 8.78 Å². The molecule has 3 rings (SSSR count). The van der Waals surface area contributed by atoms with Gasteiger partial charge in [0.05, 0.1) is 0 Å². The van der Waals surface area contributed by atoms with E-state index in [0.29, 0.717) is 0 Å². The molecule has 1 nitrogen and oxygen atoms in total. The third-order valence-corrected chi connectivity index (χ3v) is 4.47.